The van der Waals surface area contributed by atoms with Crippen LogP contribution < -0.4 is 10.6 Å². The molecule has 1 atom stereocenters. The van der Waals surface area contributed by atoms with E-state index in [1.165, 1.54) is 19.3 Å². The fourth-order valence-corrected chi connectivity index (χ4v) is 1.81. The van der Waals surface area contributed by atoms with Gasteiger partial charge < -0.3 is 15.2 Å². The number of nitrogens with two attached hydrogens (primary N) is 1. The van der Waals surface area contributed by atoms with Crippen molar-refractivity contribution in [2.75, 3.05) is 18.0 Å². The molecule has 0 saturated carbocycles. The Hall–Kier alpha value is -1.54. The summed E-state index contributed by atoms with van der Waals surface area (Å²) in [6, 6.07) is -0.351. The Morgan fingerprint density at radius 1 is 1.44 bits per heavy atom. The minimum Gasteiger partial charge on any atom is -0.338 e. The average molecular weight is 220 g/mol. The molecule has 0 spiro atoms. The van der Waals surface area contributed by atoms with Crippen LogP contribution in [0.4, 0.5) is 5.95 Å². The summed E-state index contributed by atoms with van der Waals surface area (Å²) in [6.45, 7) is 1.98. The van der Waals surface area contributed by atoms with Gasteiger partial charge in [0, 0.05) is 19.5 Å². The highest BCUT2D eigenvalue weighted by Gasteiger charge is 2.19. The second-order valence-electron chi connectivity index (χ2n) is 4.00. The number of anilines is 1. The van der Waals surface area contributed by atoms with Crippen molar-refractivity contribution in [2.24, 2.45) is 5.73 Å². The molecule has 0 aromatic carbocycles. The Bertz CT molecular complexity index is 376. The van der Waals surface area contributed by atoms with E-state index in [2.05, 4.69) is 21.0 Å². The molecule has 5 nitrogen and oxygen atoms in total. The van der Waals surface area contributed by atoms with Crippen LogP contribution in [0, 0.1) is 12.3 Å². The zero-order chi connectivity index (χ0) is 11.4. The topological polar surface area (TPSA) is 68.2 Å². The molecule has 1 aliphatic rings. The van der Waals surface area contributed by atoms with E-state index < -0.39 is 0 Å². The lowest BCUT2D eigenvalue weighted by atomic mass is 10.1. The van der Waals surface area contributed by atoms with E-state index in [1.807, 2.05) is 0 Å². The summed E-state index contributed by atoms with van der Waals surface area (Å²) in [7, 11) is 0. The Morgan fingerprint density at radius 3 is 2.88 bits per heavy atom. The van der Waals surface area contributed by atoms with Crippen molar-refractivity contribution in [1.29, 1.82) is 0 Å². The Balaban J connectivity index is 2.04. The Morgan fingerprint density at radius 2 is 2.19 bits per heavy atom. The van der Waals surface area contributed by atoms with E-state index in [0.717, 1.165) is 13.1 Å². The second-order valence-corrected chi connectivity index (χ2v) is 4.00. The smallest absolute Gasteiger partial charge is 0.266 e. The van der Waals surface area contributed by atoms with Crippen molar-refractivity contribution in [3.05, 3.63) is 5.89 Å². The highest BCUT2D eigenvalue weighted by atomic mass is 16.5. The number of terminal acetylenes is 1. The summed E-state index contributed by atoms with van der Waals surface area (Å²) < 4.78 is 5.11. The number of piperidine rings is 1. The summed E-state index contributed by atoms with van der Waals surface area (Å²) in [5.74, 6) is 3.56. The highest BCUT2D eigenvalue weighted by Crippen LogP contribution is 2.19. The molecular weight excluding hydrogens is 204 g/mol. The van der Waals surface area contributed by atoms with Gasteiger partial charge in [-0.25, -0.2) is 0 Å². The second kappa shape index (κ2) is 4.99. The van der Waals surface area contributed by atoms with Crippen LogP contribution in [0.15, 0.2) is 4.52 Å². The molecule has 2 rings (SSSR count). The van der Waals surface area contributed by atoms with Crippen LogP contribution in [0.3, 0.4) is 0 Å². The molecule has 1 aromatic heterocycles. The van der Waals surface area contributed by atoms with E-state index in [0.29, 0.717) is 18.3 Å². The van der Waals surface area contributed by atoms with Crippen LogP contribution >= 0.6 is 0 Å². The molecule has 1 fully saturated rings. The average Bonchev–Trinajstić information content (AvgIpc) is 2.80. The maximum Gasteiger partial charge on any atom is 0.266 e. The largest absolute Gasteiger partial charge is 0.338 e. The molecule has 1 aliphatic heterocycles. The molecule has 5 heteroatoms. The van der Waals surface area contributed by atoms with Crippen molar-refractivity contribution in [2.45, 2.75) is 31.7 Å². The molecule has 2 N–H and O–H groups in total. The lowest BCUT2D eigenvalue weighted by Crippen LogP contribution is -2.30. The van der Waals surface area contributed by atoms with Crippen LogP contribution in [-0.2, 0) is 0 Å². The summed E-state index contributed by atoms with van der Waals surface area (Å²) in [4.78, 5) is 6.40. The normalized spacial score (nSPS) is 18.1. The predicted molar refractivity (Wildman–Crippen MR) is 60.7 cm³/mol. The van der Waals surface area contributed by atoms with Crippen LogP contribution in [0.25, 0.3) is 0 Å². The molecular formula is C11H16N4O. The molecule has 1 saturated heterocycles. The fraction of sp³-hybridized carbons (Fsp3) is 0.636. The fourth-order valence-electron chi connectivity index (χ4n) is 1.81. The lowest BCUT2D eigenvalue weighted by molar-refractivity contribution is 0.355. The zero-order valence-corrected chi connectivity index (χ0v) is 9.22. The third-order valence-electron chi connectivity index (χ3n) is 2.72. The van der Waals surface area contributed by atoms with Gasteiger partial charge in [0.1, 0.15) is 0 Å². The summed E-state index contributed by atoms with van der Waals surface area (Å²) in [6.07, 6.45) is 9.24. The SMILES string of the molecule is C#CCC(N)c1nc(N2CCCCC2)no1. The first-order valence-electron chi connectivity index (χ1n) is 5.59. The molecule has 0 bridgehead atoms. The van der Waals surface area contributed by atoms with Gasteiger partial charge >= 0.3 is 0 Å². The minimum absolute atomic E-state index is 0.351. The van der Waals surface area contributed by atoms with Crippen LogP contribution in [0.2, 0.25) is 0 Å². The monoisotopic (exact) mass is 220 g/mol. The molecule has 1 aromatic rings. The number of aromatic nitrogens is 2. The first-order chi connectivity index (χ1) is 7.81. The zero-order valence-electron chi connectivity index (χ0n) is 9.22. The quantitative estimate of drug-likeness (QED) is 0.772. The maximum atomic E-state index is 5.79. The minimum atomic E-state index is -0.351. The number of hydrogen-bond acceptors (Lipinski definition) is 5. The van der Waals surface area contributed by atoms with E-state index in [-0.39, 0.29) is 6.04 Å². The molecule has 0 aliphatic carbocycles. The van der Waals surface area contributed by atoms with Gasteiger partial charge in [-0.3, -0.25) is 0 Å². The van der Waals surface area contributed by atoms with Gasteiger partial charge in [0.05, 0.1) is 6.04 Å². The summed E-state index contributed by atoms with van der Waals surface area (Å²) >= 11 is 0. The third-order valence-corrected chi connectivity index (χ3v) is 2.72. The van der Waals surface area contributed by atoms with Crippen molar-refractivity contribution in [3.8, 4) is 12.3 Å². The van der Waals surface area contributed by atoms with E-state index in [9.17, 15) is 0 Å². The standard InChI is InChI=1S/C11H16N4O/c1-2-6-9(12)10-13-11(14-16-10)15-7-4-3-5-8-15/h1,9H,3-8,12H2. The maximum absolute atomic E-state index is 5.79. The predicted octanol–water partition coefficient (Wildman–Crippen LogP) is 1.08. The van der Waals surface area contributed by atoms with E-state index in [4.69, 9.17) is 16.7 Å². The third kappa shape index (κ3) is 2.34. The number of rotatable bonds is 3. The van der Waals surface area contributed by atoms with Gasteiger partial charge in [-0.15, -0.1) is 12.3 Å². The molecule has 0 radical (unpaired) electrons. The molecule has 1 unspecified atom stereocenters. The van der Waals surface area contributed by atoms with E-state index >= 15 is 0 Å². The van der Waals surface area contributed by atoms with Crippen molar-refractivity contribution in [1.82, 2.24) is 10.1 Å². The van der Waals surface area contributed by atoms with Gasteiger partial charge in [-0.2, -0.15) is 4.98 Å². The Kier molecular flexibility index (Phi) is 3.42. The lowest BCUT2D eigenvalue weighted by Gasteiger charge is -2.24. The first-order valence-corrected chi connectivity index (χ1v) is 5.59. The van der Waals surface area contributed by atoms with Crippen molar-refractivity contribution >= 4 is 5.95 Å². The van der Waals surface area contributed by atoms with Gasteiger partial charge in [-0.05, 0) is 24.4 Å². The highest BCUT2D eigenvalue weighted by molar-refractivity contribution is 5.28. The number of hydrogen-bond donors (Lipinski definition) is 1. The molecule has 2 heterocycles. The Labute approximate surface area is 95.0 Å². The van der Waals surface area contributed by atoms with E-state index in [1.54, 1.807) is 0 Å². The van der Waals surface area contributed by atoms with Gasteiger partial charge in [0.2, 0.25) is 5.89 Å². The summed E-state index contributed by atoms with van der Waals surface area (Å²) in [5, 5.41) is 3.93. The molecule has 86 valence electrons. The number of nitrogens with zero attached hydrogens (tertiary/aromatic N) is 3. The van der Waals surface area contributed by atoms with Crippen molar-refractivity contribution in [3.63, 3.8) is 0 Å². The molecule has 16 heavy (non-hydrogen) atoms. The van der Waals surface area contributed by atoms with Gasteiger partial charge in [0.15, 0.2) is 0 Å². The summed E-state index contributed by atoms with van der Waals surface area (Å²) in [5.41, 5.74) is 5.79. The first kappa shape index (κ1) is 11.0. The molecule has 0 amide bonds. The van der Waals surface area contributed by atoms with Gasteiger partial charge in [0.25, 0.3) is 5.95 Å². The van der Waals surface area contributed by atoms with Crippen LogP contribution in [0.1, 0.15) is 37.6 Å². The van der Waals surface area contributed by atoms with Crippen LogP contribution in [0.5, 0.6) is 0 Å². The van der Waals surface area contributed by atoms with Gasteiger partial charge in [-0.1, -0.05) is 0 Å². The van der Waals surface area contributed by atoms with Crippen molar-refractivity contribution < 1.29 is 4.52 Å². The van der Waals surface area contributed by atoms with Crippen LogP contribution in [-0.4, -0.2) is 23.2 Å².